The zero-order valence-electron chi connectivity index (χ0n) is 63.7. The van der Waals surface area contributed by atoms with Crippen LogP contribution in [0.25, 0.3) is 0 Å². The summed E-state index contributed by atoms with van der Waals surface area (Å²) < 4.78 is 68.6. The van der Waals surface area contributed by atoms with Gasteiger partial charge in [-0.1, -0.05) is 344 Å². The van der Waals surface area contributed by atoms with Crippen LogP contribution < -0.4 is 0 Å². The van der Waals surface area contributed by atoms with Crippen molar-refractivity contribution in [1.29, 1.82) is 0 Å². The fourth-order valence-corrected chi connectivity index (χ4v) is 13.5. The summed E-state index contributed by atoms with van der Waals surface area (Å²) in [5, 5.41) is 10.6. The van der Waals surface area contributed by atoms with Gasteiger partial charge in [-0.3, -0.25) is 37.3 Å². The molecule has 0 aliphatic carbocycles. The summed E-state index contributed by atoms with van der Waals surface area (Å²) in [5.41, 5.74) is 0. The van der Waals surface area contributed by atoms with Gasteiger partial charge in [-0.05, 0) is 49.4 Å². The Balaban J connectivity index is 5.23. The summed E-state index contributed by atoms with van der Waals surface area (Å²) in [6, 6.07) is 0. The van der Waals surface area contributed by atoms with E-state index in [1.54, 1.807) is 0 Å². The van der Waals surface area contributed by atoms with Crippen molar-refractivity contribution in [3.63, 3.8) is 0 Å². The minimum atomic E-state index is -4.96. The van der Waals surface area contributed by atoms with Crippen LogP contribution in [-0.4, -0.2) is 96.7 Å². The number of esters is 4. The molecule has 0 spiro atoms. The summed E-state index contributed by atoms with van der Waals surface area (Å²) in [4.78, 5) is 72.9. The van der Waals surface area contributed by atoms with Crippen molar-refractivity contribution in [3.05, 3.63) is 0 Å². The normalized spacial score (nSPS) is 14.4. The number of hydrogen-bond acceptors (Lipinski definition) is 15. The molecule has 0 saturated heterocycles. The highest BCUT2D eigenvalue weighted by molar-refractivity contribution is 7.47. The molecule has 17 nitrogen and oxygen atoms in total. The molecule has 0 saturated carbocycles. The number of unbranched alkanes of at least 4 members (excludes halogenated alkanes) is 40. The minimum Gasteiger partial charge on any atom is -0.462 e. The van der Waals surface area contributed by atoms with Gasteiger partial charge in [-0.15, -0.1) is 0 Å². The second-order valence-electron chi connectivity index (χ2n) is 29.8. The highest BCUT2D eigenvalue weighted by atomic mass is 31.2. The molecule has 0 bridgehead atoms. The smallest absolute Gasteiger partial charge is 0.462 e. The predicted molar refractivity (Wildman–Crippen MR) is 395 cm³/mol. The third kappa shape index (κ3) is 70.9. The van der Waals surface area contributed by atoms with Gasteiger partial charge in [0, 0.05) is 25.7 Å². The average Bonchev–Trinajstić information content (AvgIpc) is 1.30. The number of hydrogen-bond donors (Lipinski definition) is 3. The van der Waals surface area contributed by atoms with Crippen LogP contribution in [0.3, 0.4) is 0 Å². The van der Waals surface area contributed by atoms with E-state index >= 15 is 0 Å². The molecule has 0 rings (SSSR count). The van der Waals surface area contributed by atoms with Crippen LogP contribution in [0.4, 0.5) is 0 Å². The van der Waals surface area contributed by atoms with Gasteiger partial charge in [0.2, 0.25) is 0 Å². The van der Waals surface area contributed by atoms with Crippen molar-refractivity contribution < 1.29 is 80.2 Å². The first-order valence-electron chi connectivity index (χ1n) is 40.2. The number of carbonyl (C=O) groups excluding carboxylic acids is 4. The van der Waals surface area contributed by atoms with Gasteiger partial charge in [0.25, 0.3) is 0 Å². The van der Waals surface area contributed by atoms with E-state index in [1.165, 1.54) is 193 Å². The first-order chi connectivity index (χ1) is 46.6. The van der Waals surface area contributed by atoms with Crippen molar-refractivity contribution in [2.24, 2.45) is 23.7 Å². The number of rotatable bonds is 75. The molecule has 0 aromatic carbocycles. The maximum atomic E-state index is 13.1. The number of phosphoric acid groups is 2. The van der Waals surface area contributed by atoms with Gasteiger partial charge in [0.15, 0.2) is 12.2 Å². The molecule has 0 aromatic rings. The molecule has 6 atom stereocenters. The molecule has 97 heavy (non-hydrogen) atoms. The third-order valence-electron chi connectivity index (χ3n) is 18.4. The van der Waals surface area contributed by atoms with Crippen molar-refractivity contribution in [2.45, 2.75) is 414 Å². The molecule has 0 aromatic heterocycles. The Labute approximate surface area is 594 Å². The molecule has 3 N–H and O–H groups in total. The number of phosphoric ester groups is 2. The van der Waals surface area contributed by atoms with Crippen molar-refractivity contribution >= 4 is 39.5 Å². The Morgan fingerprint density at radius 2 is 0.495 bits per heavy atom. The fraction of sp³-hybridized carbons (Fsp3) is 0.949. The van der Waals surface area contributed by atoms with Crippen LogP contribution in [0.1, 0.15) is 396 Å². The van der Waals surface area contributed by atoms with E-state index in [0.717, 1.165) is 120 Å². The van der Waals surface area contributed by atoms with Crippen LogP contribution in [0.5, 0.6) is 0 Å². The number of ether oxygens (including phenoxy) is 4. The monoisotopic (exact) mass is 1420 g/mol. The third-order valence-corrected chi connectivity index (χ3v) is 20.3. The van der Waals surface area contributed by atoms with Crippen molar-refractivity contribution in [2.75, 3.05) is 39.6 Å². The molecule has 19 heteroatoms. The lowest BCUT2D eigenvalue weighted by Gasteiger charge is -2.21. The first-order valence-corrected chi connectivity index (χ1v) is 43.2. The lowest BCUT2D eigenvalue weighted by atomic mass is 10.00. The van der Waals surface area contributed by atoms with Gasteiger partial charge in [-0.25, -0.2) is 9.13 Å². The van der Waals surface area contributed by atoms with E-state index in [4.69, 9.17) is 37.0 Å². The summed E-state index contributed by atoms with van der Waals surface area (Å²) in [6.07, 6.45) is 52.7. The van der Waals surface area contributed by atoms with Crippen molar-refractivity contribution in [1.82, 2.24) is 0 Å². The standard InChI is InChI=1S/C78H152O17P2/c1-9-71(8)57-49-41-36-37-43-51-59-76(81)89-65-74(95-77(82)60-52-44-34-28-21-17-13-11-15-19-25-31-39-47-55-69(4)5)67-93-97(86,87)91-63-72(79)62-90-96(84,85)92-66-73(94-78(83)61-53-45-35-29-23-22-26-32-40-48-56-70(6)7)64-88-75(80)58-50-42-33-27-20-16-12-10-14-18-24-30-38-46-54-68(2)3/h68-74,79H,9-67H2,1-8H3,(H,84,85)(H,86,87)/t71?,72-,73-,74-/m1/s1. The van der Waals surface area contributed by atoms with E-state index in [1.807, 2.05) is 0 Å². The Morgan fingerprint density at radius 3 is 0.732 bits per heavy atom. The Hall–Kier alpha value is -1.94. The number of carbonyl (C=O) groups is 4. The summed E-state index contributed by atoms with van der Waals surface area (Å²) in [6.45, 7) is 14.2. The molecule has 3 unspecified atom stereocenters. The van der Waals surface area contributed by atoms with E-state index in [2.05, 4.69) is 55.4 Å². The Bertz CT molecular complexity index is 1900. The molecule has 0 aliphatic heterocycles. The lowest BCUT2D eigenvalue weighted by molar-refractivity contribution is -0.161. The van der Waals surface area contributed by atoms with Gasteiger partial charge in [0.05, 0.1) is 26.4 Å². The molecular weight excluding hydrogens is 1270 g/mol. The predicted octanol–water partition coefficient (Wildman–Crippen LogP) is 22.8. The quantitative estimate of drug-likeness (QED) is 0.0222. The Kier molecular flexibility index (Phi) is 65.9. The fourth-order valence-electron chi connectivity index (χ4n) is 11.9. The molecule has 576 valence electrons. The van der Waals surface area contributed by atoms with E-state index in [9.17, 15) is 43.2 Å². The topological polar surface area (TPSA) is 237 Å². The van der Waals surface area contributed by atoms with Gasteiger partial charge in [-0.2, -0.15) is 0 Å². The molecule has 0 aliphatic rings. The maximum absolute atomic E-state index is 13.1. The van der Waals surface area contributed by atoms with Crippen LogP contribution in [0.15, 0.2) is 0 Å². The molecule has 0 fully saturated rings. The van der Waals surface area contributed by atoms with Gasteiger partial charge < -0.3 is 33.8 Å². The van der Waals surface area contributed by atoms with E-state index < -0.39 is 97.5 Å². The molecule has 0 heterocycles. The van der Waals surface area contributed by atoms with E-state index in [0.29, 0.717) is 25.7 Å². The van der Waals surface area contributed by atoms with Gasteiger partial charge >= 0.3 is 39.5 Å². The second kappa shape index (κ2) is 67.2. The molecule has 0 radical (unpaired) electrons. The summed E-state index contributed by atoms with van der Waals surface area (Å²) in [5.74, 6) is 0.958. The largest absolute Gasteiger partial charge is 0.472 e. The lowest BCUT2D eigenvalue weighted by Crippen LogP contribution is -2.30. The summed E-state index contributed by atoms with van der Waals surface area (Å²) in [7, 11) is -9.92. The van der Waals surface area contributed by atoms with Crippen molar-refractivity contribution in [3.8, 4) is 0 Å². The SMILES string of the molecule is CCC(C)CCCCCCCCC(=O)OC[C@H](COP(=O)(O)OC[C@H](O)COP(=O)(O)OC[C@@H](COC(=O)CCCCCCCCCCCCCCCCC(C)C)OC(=O)CCCCCCCCCCCCC(C)C)OC(=O)CCCCCCCCCCCCCCCCC(C)C. The number of aliphatic hydroxyl groups is 1. The van der Waals surface area contributed by atoms with Crippen LogP contribution >= 0.6 is 15.6 Å². The second-order valence-corrected chi connectivity index (χ2v) is 32.7. The summed E-state index contributed by atoms with van der Waals surface area (Å²) >= 11 is 0. The van der Waals surface area contributed by atoms with E-state index in [-0.39, 0.29) is 25.7 Å². The van der Waals surface area contributed by atoms with Gasteiger partial charge in [0.1, 0.15) is 19.3 Å². The average molecular weight is 1420 g/mol. The zero-order valence-corrected chi connectivity index (χ0v) is 65.5. The Morgan fingerprint density at radius 1 is 0.289 bits per heavy atom. The van der Waals surface area contributed by atoms with Crippen LogP contribution in [0.2, 0.25) is 0 Å². The molecule has 0 amide bonds. The first kappa shape index (κ1) is 95.1. The highest BCUT2D eigenvalue weighted by Gasteiger charge is 2.30. The van der Waals surface area contributed by atoms with Crippen LogP contribution in [-0.2, 0) is 65.4 Å². The van der Waals surface area contributed by atoms with Crippen LogP contribution in [0, 0.1) is 23.7 Å². The minimum absolute atomic E-state index is 0.106. The molecular formula is C78H152O17P2. The number of aliphatic hydroxyl groups excluding tert-OH is 1. The zero-order chi connectivity index (χ0) is 71.7. The highest BCUT2D eigenvalue weighted by Crippen LogP contribution is 2.45. The maximum Gasteiger partial charge on any atom is 0.472 e.